The van der Waals surface area contributed by atoms with Gasteiger partial charge in [0.1, 0.15) is 5.78 Å². The largest absolute Gasteiger partial charge is 0.390 e. The van der Waals surface area contributed by atoms with Crippen LogP contribution in [-0.4, -0.2) is 28.2 Å². The van der Waals surface area contributed by atoms with E-state index < -0.39 is 30.9 Å². The minimum absolute atomic E-state index is 0.0170. The van der Waals surface area contributed by atoms with E-state index in [2.05, 4.69) is 20.8 Å². The van der Waals surface area contributed by atoms with Crippen molar-refractivity contribution in [2.45, 2.75) is 105 Å². The highest BCUT2D eigenvalue weighted by atomic mass is 16.3. The van der Waals surface area contributed by atoms with E-state index in [1.165, 1.54) is 19.3 Å². The van der Waals surface area contributed by atoms with Crippen LogP contribution >= 0.6 is 0 Å². The molecule has 5 rings (SSSR count). The lowest BCUT2D eigenvalue weighted by Crippen LogP contribution is -2.55. The first-order valence-electron chi connectivity index (χ1n) is 14.6. The molecule has 0 radical (unpaired) electrons. The molecular weight excluding hydrogens is 384 g/mol. The van der Waals surface area contributed by atoms with Gasteiger partial charge in [0.25, 0.3) is 0 Å². The highest BCUT2D eigenvalue weighted by molar-refractivity contribution is 5.91. The van der Waals surface area contributed by atoms with Gasteiger partial charge < -0.3 is 10.2 Å². The van der Waals surface area contributed by atoms with Crippen LogP contribution in [0.2, 0.25) is 0 Å². The lowest BCUT2D eigenvalue weighted by molar-refractivity contribution is -0.153. The van der Waals surface area contributed by atoms with Gasteiger partial charge in [-0.05, 0) is 103 Å². The topological polar surface area (TPSA) is 57.5 Å². The second-order valence-corrected chi connectivity index (χ2v) is 13.0. The van der Waals surface area contributed by atoms with E-state index >= 15 is 0 Å². The van der Waals surface area contributed by atoms with Crippen LogP contribution in [0.5, 0.6) is 0 Å². The highest BCUT2D eigenvalue weighted by Gasteiger charge is 2.77. The van der Waals surface area contributed by atoms with Crippen LogP contribution in [-0.2, 0) is 4.79 Å². The molecule has 1 spiro atoms. The van der Waals surface area contributed by atoms with Gasteiger partial charge in [0.05, 0.1) is 12.2 Å². The van der Waals surface area contributed by atoms with E-state index in [-0.39, 0.29) is 28.1 Å². The fourth-order valence-electron chi connectivity index (χ4n) is 10.1. The number of hydrogen-bond donors (Lipinski definition) is 2. The van der Waals surface area contributed by atoms with Gasteiger partial charge >= 0.3 is 0 Å². The van der Waals surface area contributed by atoms with Crippen LogP contribution in [0, 0.1) is 63.6 Å². The summed E-state index contributed by atoms with van der Waals surface area (Å²) in [5, 5.41) is 22.2. The molecule has 5 aliphatic carbocycles. The summed E-state index contributed by atoms with van der Waals surface area (Å²) in [6, 6.07) is 0. The first-order chi connectivity index (χ1) is 15.7. The van der Waals surface area contributed by atoms with Crippen LogP contribution < -0.4 is 0 Å². The molecule has 1 unspecified atom stereocenters. The first kappa shape index (κ1) is 19.0. The molecule has 3 nitrogen and oxygen atoms in total. The first-order valence-corrected chi connectivity index (χ1v) is 13.1. The summed E-state index contributed by atoms with van der Waals surface area (Å²) >= 11 is 0. The highest BCUT2D eigenvalue weighted by Crippen LogP contribution is 2.80. The zero-order valence-electron chi connectivity index (χ0n) is 23.2. The summed E-state index contributed by atoms with van der Waals surface area (Å²) in [6.07, 6.45) is 6.84. The number of fused-ring (bicyclic) bond motifs is 4. The number of carbonyl (C=O) groups is 1. The predicted molar refractivity (Wildman–Crippen MR) is 123 cm³/mol. The molecule has 0 heterocycles. The third kappa shape index (κ3) is 2.74. The van der Waals surface area contributed by atoms with E-state index in [0.717, 1.165) is 32.1 Å². The molecule has 31 heavy (non-hydrogen) atoms. The number of carbonyl (C=O) groups excluding carboxylic acids is 1. The van der Waals surface area contributed by atoms with Gasteiger partial charge in [0.2, 0.25) is 0 Å². The van der Waals surface area contributed by atoms with Crippen LogP contribution in [0.25, 0.3) is 0 Å². The van der Waals surface area contributed by atoms with Crippen molar-refractivity contribution in [3.05, 3.63) is 0 Å². The molecular formula is C28H46O3. The SMILES string of the molecule is [2H]C([2H])([2H])C(C)[C@H](C)[C@H](O)[C@@H](O)[C@@H](C)[C@H]1CC[C@H]2[C@@H]3CC(=O)[C@]45C[C@H]4CC[C@]5(C)[C@H]3CC[C@]12C. The molecule has 0 aromatic rings. The normalized spacial score (nSPS) is 54.7. The summed E-state index contributed by atoms with van der Waals surface area (Å²) in [6.45, 7) is 8.14. The Morgan fingerprint density at radius 1 is 1.00 bits per heavy atom. The fraction of sp³-hybridized carbons (Fsp3) is 0.964. The Hall–Kier alpha value is -0.410. The molecule has 0 aliphatic heterocycles. The van der Waals surface area contributed by atoms with E-state index in [4.69, 9.17) is 4.11 Å². The van der Waals surface area contributed by atoms with Gasteiger partial charge in [-0.2, -0.15) is 0 Å². The average molecular weight is 434 g/mol. The Morgan fingerprint density at radius 2 is 1.74 bits per heavy atom. The van der Waals surface area contributed by atoms with Crippen LogP contribution in [0.4, 0.5) is 0 Å². The third-order valence-corrected chi connectivity index (χ3v) is 12.2. The second-order valence-electron chi connectivity index (χ2n) is 13.0. The lowest BCUT2D eigenvalue weighted by atomic mass is 9.45. The smallest absolute Gasteiger partial charge is 0.140 e. The van der Waals surface area contributed by atoms with Gasteiger partial charge in [-0.1, -0.05) is 41.5 Å². The van der Waals surface area contributed by atoms with Gasteiger partial charge in [-0.15, -0.1) is 0 Å². The number of aliphatic hydroxyl groups is 2. The van der Waals surface area contributed by atoms with E-state index in [0.29, 0.717) is 29.5 Å². The number of aliphatic hydroxyl groups excluding tert-OH is 2. The van der Waals surface area contributed by atoms with Gasteiger partial charge in [0, 0.05) is 15.9 Å². The van der Waals surface area contributed by atoms with E-state index in [1.54, 1.807) is 13.8 Å². The maximum Gasteiger partial charge on any atom is 0.140 e. The van der Waals surface area contributed by atoms with Crippen LogP contribution in [0.1, 0.15) is 96.9 Å². The molecule has 5 saturated carbocycles. The minimum Gasteiger partial charge on any atom is -0.390 e. The standard InChI is InChI=1S/C28H46O3/c1-15(2)16(3)24(30)25(31)17(4)20-7-8-21-19-13-23(29)28-14-18(28)9-12-27(28,6)22(19)10-11-26(20,21)5/h15-22,24-25,30-31H,7-14H2,1-6H3/t16-,17-,18+,19-,20+,21-,22-,24-,25-,26+,27+,28-/m0/s1/i1D3/t15?,16-,17-,18+,19-,20+,21-,22-,24-,25-,26+,27+,28-. The van der Waals surface area contributed by atoms with Crippen molar-refractivity contribution in [2.24, 2.45) is 63.6 Å². The molecule has 0 aromatic heterocycles. The van der Waals surface area contributed by atoms with Crippen molar-refractivity contribution in [1.29, 1.82) is 0 Å². The maximum absolute atomic E-state index is 13.5. The lowest BCUT2D eigenvalue weighted by Gasteiger charge is -2.58. The zero-order chi connectivity index (χ0) is 25.0. The Labute approximate surface area is 194 Å². The van der Waals surface area contributed by atoms with Gasteiger partial charge in [-0.3, -0.25) is 4.79 Å². The monoisotopic (exact) mass is 433 g/mol. The van der Waals surface area contributed by atoms with Gasteiger partial charge in [0.15, 0.2) is 0 Å². The number of Topliss-reactive ketones (excluding diaryl/α,β-unsaturated/α-hetero) is 1. The average Bonchev–Trinajstić information content (AvgIpc) is 3.30. The Balaban J connectivity index is 1.34. The predicted octanol–water partition coefficient (Wildman–Crippen LogP) is 5.47. The Kier molecular flexibility index (Phi) is 4.31. The van der Waals surface area contributed by atoms with E-state index in [1.807, 2.05) is 0 Å². The third-order valence-electron chi connectivity index (χ3n) is 12.2. The summed E-state index contributed by atoms with van der Waals surface area (Å²) < 4.78 is 23.2. The molecule has 3 heteroatoms. The maximum atomic E-state index is 13.5. The van der Waals surface area contributed by atoms with Crippen LogP contribution in [0.15, 0.2) is 0 Å². The molecule has 0 bridgehead atoms. The van der Waals surface area contributed by atoms with Crippen molar-refractivity contribution in [3.63, 3.8) is 0 Å². The summed E-state index contributed by atoms with van der Waals surface area (Å²) in [5.41, 5.74) is 0.283. The van der Waals surface area contributed by atoms with E-state index in [9.17, 15) is 15.0 Å². The fourth-order valence-corrected chi connectivity index (χ4v) is 10.1. The number of rotatable bonds is 5. The molecule has 2 N–H and O–H groups in total. The van der Waals surface area contributed by atoms with Gasteiger partial charge in [-0.25, -0.2) is 0 Å². The van der Waals surface area contributed by atoms with Crippen LogP contribution in [0.3, 0.4) is 0 Å². The molecule has 176 valence electrons. The number of hydrogen-bond acceptors (Lipinski definition) is 3. The summed E-state index contributed by atoms with van der Waals surface area (Å²) in [7, 11) is 0. The molecule has 13 atom stereocenters. The summed E-state index contributed by atoms with van der Waals surface area (Å²) in [4.78, 5) is 13.5. The quantitative estimate of drug-likeness (QED) is 0.604. The molecule has 0 amide bonds. The van der Waals surface area contributed by atoms with Crippen molar-refractivity contribution in [3.8, 4) is 0 Å². The van der Waals surface area contributed by atoms with Crippen molar-refractivity contribution in [1.82, 2.24) is 0 Å². The number of ketones is 1. The van der Waals surface area contributed by atoms with Crippen molar-refractivity contribution < 1.29 is 19.1 Å². The van der Waals surface area contributed by atoms with Crippen molar-refractivity contribution >= 4 is 5.78 Å². The Morgan fingerprint density at radius 3 is 2.42 bits per heavy atom. The molecule has 5 aliphatic rings. The minimum atomic E-state index is -2.14. The summed E-state index contributed by atoms with van der Waals surface area (Å²) in [5.74, 6) is 1.85. The Bertz CT molecular complexity index is 843. The second kappa shape index (κ2) is 7.05. The molecule has 0 saturated heterocycles. The van der Waals surface area contributed by atoms with Crippen molar-refractivity contribution in [2.75, 3.05) is 0 Å². The zero-order valence-corrected chi connectivity index (χ0v) is 20.2. The molecule has 0 aromatic carbocycles. The molecule has 5 fully saturated rings.